The number of carboxylic acids is 1. The number of urea groups is 1. The predicted octanol–water partition coefficient (Wildman–Crippen LogP) is 3.49. The maximum absolute atomic E-state index is 11.9. The Morgan fingerprint density at radius 1 is 1.19 bits per heavy atom. The highest BCUT2D eigenvalue weighted by atomic mass is 79.9. The van der Waals surface area contributed by atoms with Gasteiger partial charge in [-0.2, -0.15) is 0 Å². The van der Waals surface area contributed by atoms with Crippen molar-refractivity contribution in [2.24, 2.45) is 0 Å². The molecule has 6 nitrogen and oxygen atoms in total. The van der Waals surface area contributed by atoms with Crippen LogP contribution in [0.1, 0.15) is 16.1 Å². The van der Waals surface area contributed by atoms with E-state index in [-0.39, 0.29) is 11.3 Å². The molecular weight excluding hydrogens is 338 g/mol. The zero-order valence-electron chi connectivity index (χ0n) is 11.1. The first-order valence-corrected chi connectivity index (χ1v) is 6.78. The smallest absolute Gasteiger partial charge is 0.337 e. The van der Waals surface area contributed by atoms with Gasteiger partial charge in [-0.15, -0.1) is 0 Å². The lowest BCUT2D eigenvalue weighted by Crippen LogP contribution is -2.21. The van der Waals surface area contributed by atoms with Gasteiger partial charge in [-0.1, -0.05) is 15.9 Å². The monoisotopic (exact) mass is 349 g/mol. The van der Waals surface area contributed by atoms with Gasteiger partial charge < -0.3 is 15.7 Å². The number of hydrogen-bond donors (Lipinski definition) is 3. The molecule has 21 heavy (non-hydrogen) atoms. The van der Waals surface area contributed by atoms with Crippen molar-refractivity contribution in [2.45, 2.75) is 6.92 Å². The molecule has 0 bridgehead atoms. The second-order valence-electron chi connectivity index (χ2n) is 4.26. The van der Waals surface area contributed by atoms with E-state index in [1.54, 1.807) is 18.2 Å². The molecule has 0 aliphatic rings. The molecule has 0 spiro atoms. The maximum Gasteiger partial charge on any atom is 0.337 e. The molecule has 1 heterocycles. The molecule has 0 fully saturated rings. The third kappa shape index (κ3) is 4.03. The molecule has 108 valence electrons. The molecule has 0 aliphatic heterocycles. The normalized spacial score (nSPS) is 10.0. The van der Waals surface area contributed by atoms with Gasteiger partial charge in [-0.25, -0.2) is 9.59 Å². The van der Waals surface area contributed by atoms with E-state index in [1.165, 1.54) is 18.3 Å². The van der Waals surface area contributed by atoms with E-state index in [0.29, 0.717) is 10.2 Å². The van der Waals surface area contributed by atoms with Crippen LogP contribution in [0.3, 0.4) is 0 Å². The van der Waals surface area contributed by atoms with Gasteiger partial charge in [-0.05, 0) is 37.3 Å². The summed E-state index contributed by atoms with van der Waals surface area (Å²) in [7, 11) is 0. The number of halogens is 1. The number of aromatic nitrogens is 1. The molecule has 2 aromatic rings. The van der Waals surface area contributed by atoms with Crippen molar-refractivity contribution in [3.63, 3.8) is 0 Å². The average Bonchev–Trinajstić information content (AvgIpc) is 2.41. The highest BCUT2D eigenvalue weighted by Gasteiger charge is 2.13. The van der Waals surface area contributed by atoms with Crippen LogP contribution in [-0.2, 0) is 0 Å². The number of nitrogens with one attached hydrogen (secondary N) is 2. The van der Waals surface area contributed by atoms with Crippen molar-refractivity contribution >= 4 is 39.3 Å². The largest absolute Gasteiger partial charge is 0.478 e. The van der Waals surface area contributed by atoms with Crippen LogP contribution in [0.2, 0.25) is 0 Å². The number of benzene rings is 1. The van der Waals surface area contributed by atoms with Gasteiger partial charge in [0.1, 0.15) is 0 Å². The van der Waals surface area contributed by atoms with E-state index >= 15 is 0 Å². The highest BCUT2D eigenvalue weighted by molar-refractivity contribution is 9.10. The number of carbonyl (C=O) groups excluding carboxylic acids is 1. The van der Waals surface area contributed by atoms with Gasteiger partial charge in [0.15, 0.2) is 0 Å². The Morgan fingerprint density at radius 2 is 1.95 bits per heavy atom. The first-order valence-electron chi connectivity index (χ1n) is 5.99. The standard InChI is InChI=1S/C14H12BrN3O3/c1-8-2-4-10(7-16-8)17-14(21)18-12-6-9(15)3-5-11(12)13(19)20/h2-7H,1H3,(H,19,20)(H2,17,18,21). The molecule has 0 saturated carbocycles. The highest BCUT2D eigenvalue weighted by Crippen LogP contribution is 2.22. The number of anilines is 2. The minimum atomic E-state index is -1.12. The second kappa shape index (κ2) is 6.36. The molecule has 0 saturated heterocycles. The van der Waals surface area contributed by atoms with Crippen LogP contribution in [0.5, 0.6) is 0 Å². The van der Waals surface area contributed by atoms with Crippen LogP contribution in [0.15, 0.2) is 41.0 Å². The lowest BCUT2D eigenvalue weighted by atomic mass is 10.2. The zero-order chi connectivity index (χ0) is 15.4. The average molecular weight is 350 g/mol. The van der Waals surface area contributed by atoms with Gasteiger partial charge in [0.25, 0.3) is 0 Å². The fourth-order valence-electron chi connectivity index (χ4n) is 1.63. The summed E-state index contributed by atoms with van der Waals surface area (Å²) in [5.41, 5.74) is 1.57. The van der Waals surface area contributed by atoms with Crippen molar-refractivity contribution < 1.29 is 14.7 Å². The molecule has 3 N–H and O–H groups in total. The van der Waals surface area contributed by atoms with E-state index in [1.807, 2.05) is 6.92 Å². The summed E-state index contributed by atoms with van der Waals surface area (Å²) in [5, 5.41) is 14.2. The van der Waals surface area contributed by atoms with Crippen LogP contribution < -0.4 is 10.6 Å². The van der Waals surface area contributed by atoms with Crippen LogP contribution in [0.4, 0.5) is 16.2 Å². The Labute approximate surface area is 129 Å². The summed E-state index contributed by atoms with van der Waals surface area (Å²) < 4.78 is 0.666. The van der Waals surface area contributed by atoms with E-state index in [4.69, 9.17) is 5.11 Å². The third-order valence-corrected chi connectivity index (χ3v) is 3.12. The molecule has 2 rings (SSSR count). The molecule has 1 aromatic carbocycles. The molecule has 0 radical (unpaired) electrons. The predicted molar refractivity (Wildman–Crippen MR) is 82.7 cm³/mol. The molecule has 0 aliphatic carbocycles. The summed E-state index contributed by atoms with van der Waals surface area (Å²) in [5.74, 6) is -1.12. The van der Waals surface area contributed by atoms with E-state index < -0.39 is 12.0 Å². The maximum atomic E-state index is 11.9. The minimum Gasteiger partial charge on any atom is -0.478 e. The molecular formula is C14H12BrN3O3. The minimum absolute atomic E-state index is 0.00961. The first kappa shape index (κ1) is 15.0. The summed E-state index contributed by atoms with van der Waals surface area (Å²) >= 11 is 3.24. The zero-order valence-corrected chi connectivity index (χ0v) is 12.6. The van der Waals surface area contributed by atoms with E-state index in [9.17, 15) is 9.59 Å². The number of aryl methyl sites for hydroxylation is 1. The molecule has 7 heteroatoms. The van der Waals surface area contributed by atoms with Crippen LogP contribution in [0, 0.1) is 6.92 Å². The van der Waals surface area contributed by atoms with Crippen molar-refractivity contribution in [2.75, 3.05) is 10.6 Å². The third-order valence-electron chi connectivity index (χ3n) is 2.63. The fraction of sp³-hybridized carbons (Fsp3) is 0.0714. The lowest BCUT2D eigenvalue weighted by molar-refractivity contribution is 0.0698. The molecule has 2 amide bonds. The Bertz CT molecular complexity index is 686. The summed E-state index contributed by atoms with van der Waals surface area (Å²) in [6.07, 6.45) is 1.52. The summed E-state index contributed by atoms with van der Waals surface area (Å²) in [6.45, 7) is 1.84. The number of nitrogens with zero attached hydrogens (tertiary/aromatic N) is 1. The van der Waals surface area contributed by atoms with Crippen molar-refractivity contribution in [1.82, 2.24) is 4.98 Å². The van der Waals surface area contributed by atoms with E-state index in [2.05, 4.69) is 31.5 Å². The van der Waals surface area contributed by atoms with Crippen molar-refractivity contribution in [3.05, 3.63) is 52.3 Å². The first-order chi connectivity index (χ1) is 9.95. The number of hydrogen-bond acceptors (Lipinski definition) is 3. The number of aromatic carboxylic acids is 1. The van der Waals surface area contributed by atoms with Gasteiger partial charge >= 0.3 is 12.0 Å². The van der Waals surface area contributed by atoms with Crippen LogP contribution in [-0.4, -0.2) is 22.1 Å². The Hall–Kier alpha value is -2.41. The number of carboxylic acid groups (broad SMARTS) is 1. The Morgan fingerprint density at radius 3 is 2.57 bits per heavy atom. The van der Waals surface area contributed by atoms with Gasteiger partial charge in [0, 0.05) is 10.2 Å². The fourth-order valence-corrected chi connectivity index (χ4v) is 1.99. The lowest BCUT2D eigenvalue weighted by Gasteiger charge is -2.10. The quantitative estimate of drug-likeness (QED) is 0.790. The van der Waals surface area contributed by atoms with Gasteiger partial charge in [0.2, 0.25) is 0 Å². The SMILES string of the molecule is Cc1ccc(NC(=O)Nc2cc(Br)ccc2C(=O)O)cn1. The van der Waals surface area contributed by atoms with E-state index in [0.717, 1.165) is 5.69 Å². The number of rotatable bonds is 3. The van der Waals surface area contributed by atoms with Crippen LogP contribution >= 0.6 is 15.9 Å². The topological polar surface area (TPSA) is 91.3 Å². The number of pyridine rings is 1. The number of amides is 2. The summed E-state index contributed by atoms with van der Waals surface area (Å²) in [6, 6.07) is 7.46. The Kier molecular flexibility index (Phi) is 4.54. The van der Waals surface area contributed by atoms with Crippen LogP contribution in [0.25, 0.3) is 0 Å². The van der Waals surface area contributed by atoms with Crippen molar-refractivity contribution in [3.8, 4) is 0 Å². The Balaban J connectivity index is 2.14. The molecule has 1 aromatic heterocycles. The van der Waals surface area contributed by atoms with Crippen molar-refractivity contribution in [1.29, 1.82) is 0 Å². The molecule has 0 atom stereocenters. The summed E-state index contributed by atoms with van der Waals surface area (Å²) in [4.78, 5) is 27.1. The van der Waals surface area contributed by atoms with Gasteiger partial charge in [-0.3, -0.25) is 4.98 Å². The second-order valence-corrected chi connectivity index (χ2v) is 5.18. The number of carbonyl (C=O) groups is 2. The molecule has 0 unspecified atom stereocenters. The van der Waals surface area contributed by atoms with Gasteiger partial charge in [0.05, 0.1) is 23.1 Å².